The van der Waals surface area contributed by atoms with Gasteiger partial charge < -0.3 is 4.43 Å². The highest BCUT2D eigenvalue weighted by Gasteiger charge is 2.28. The summed E-state index contributed by atoms with van der Waals surface area (Å²) in [7, 11) is -1.76. The van der Waals surface area contributed by atoms with Gasteiger partial charge in [-0.25, -0.2) is 0 Å². The fraction of sp³-hybridized carbons (Fsp3) is 0.467. The molecule has 0 amide bonds. The molecule has 17 heavy (non-hydrogen) atoms. The van der Waals surface area contributed by atoms with Crippen LogP contribution in [-0.2, 0) is 4.43 Å². The number of hydrogen-bond donors (Lipinski definition) is 0. The number of allylic oxidation sites excluding steroid dienone is 2. The van der Waals surface area contributed by atoms with Crippen LogP contribution in [0.3, 0.4) is 0 Å². The van der Waals surface area contributed by atoms with Gasteiger partial charge in [0.15, 0.2) is 0 Å². The first-order valence-corrected chi connectivity index (χ1v) is 9.42. The molecular weight excluding hydrogens is 224 g/mol. The second-order valence-corrected chi connectivity index (χ2v) is 9.33. The molecule has 1 aliphatic rings. The van der Waals surface area contributed by atoms with Crippen LogP contribution in [0.4, 0.5) is 0 Å². The van der Waals surface area contributed by atoms with E-state index in [2.05, 4.69) is 56.4 Å². The normalized spacial score (nSPS) is 20.9. The van der Waals surface area contributed by atoms with E-state index in [-0.39, 0.29) is 0 Å². The fourth-order valence-corrected chi connectivity index (χ4v) is 4.21. The first-order valence-electron chi connectivity index (χ1n) is 6.51. The van der Waals surface area contributed by atoms with Gasteiger partial charge in [-0.3, -0.25) is 0 Å². The lowest BCUT2D eigenvalue weighted by Crippen LogP contribution is -2.44. The first-order chi connectivity index (χ1) is 8.08. The van der Waals surface area contributed by atoms with Crippen molar-refractivity contribution < 1.29 is 4.43 Å². The maximum absolute atomic E-state index is 6.31. The predicted molar refractivity (Wildman–Crippen MR) is 75.7 cm³/mol. The summed E-state index contributed by atoms with van der Waals surface area (Å²) in [5.74, 6) is 2.05. The molecule has 0 aromatic heterocycles. The molecule has 0 heterocycles. The van der Waals surface area contributed by atoms with Crippen molar-refractivity contribution in [2.45, 2.75) is 39.3 Å². The van der Waals surface area contributed by atoms with Gasteiger partial charge in [-0.2, -0.15) is 0 Å². The van der Waals surface area contributed by atoms with Crippen molar-refractivity contribution in [3.05, 3.63) is 42.2 Å². The summed E-state index contributed by atoms with van der Waals surface area (Å²) in [5, 5.41) is 1.37. The minimum atomic E-state index is -1.76. The maximum Gasteiger partial charge on any atom is 0.276 e. The van der Waals surface area contributed by atoms with Crippen LogP contribution < -0.4 is 5.19 Å². The van der Waals surface area contributed by atoms with Gasteiger partial charge in [0.1, 0.15) is 0 Å². The Labute approximate surface area is 106 Å². The molecule has 1 aromatic rings. The van der Waals surface area contributed by atoms with Gasteiger partial charge in [-0.05, 0) is 43.1 Å². The lowest BCUT2D eigenvalue weighted by molar-refractivity contribution is 0.358. The van der Waals surface area contributed by atoms with E-state index in [1.54, 1.807) is 0 Å². The lowest BCUT2D eigenvalue weighted by atomic mass is 9.95. The maximum atomic E-state index is 6.31. The zero-order chi connectivity index (χ0) is 12.3. The zero-order valence-electron chi connectivity index (χ0n) is 11.1. The molecule has 0 saturated heterocycles. The molecule has 2 heteroatoms. The molecule has 2 rings (SSSR count). The van der Waals surface area contributed by atoms with Gasteiger partial charge in [-0.15, -0.1) is 0 Å². The molecule has 0 fully saturated rings. The van der Waals surface area contributed by atoms with E-state index in [1.165, 1.54) is 23.8 Å². The average Bonchev–Trinajstić information content (AvgIpc) is 2.33. The molecule has 1 nitrogen and oxygen atoms in total. The Morgan fingerprint density at radius 3 is 2.47 bits per heavy atom. The summed E-state index contributed by atoms with van der Waals surface area (Å²) in [5.41, 5.74) is 0. The Morgan fingerprint density at radius 2 is 1.88 bits per heavy atom. The molecule has 1 unspecified atom stereocenters. The molecule has 0 aliphatic heterocycles. The molecule has 1 aromatic carbocycles. The summed E-state index contributed by atoms with van der Waals surface area (Å²) in [6.45, 7) is 6.87. The van der Waals surface area contributed by atoms with E-state index in [1.807, 2.05) is 0 Å². The topological polar surface area (TPSA) is 9.23 Å². The van der Waals surface area contributed by atoms with E-state index < -0.39 is 8.32 Å². The highest BCUT2D eigenvalue weighted by Crippen LogP contribution is 2.25. The Balaban J connectivity index is 2.08. The van der Waals surface area contributed by atoms with Gasteiger partial charge in [0, 0.05) is 6.42 Å². The Bertz CT molecular complexity index is 395. The zero-order valence-corrected chi connectivity index (χ0v) is 12.1. The Hall–Kier alpha value is -1.02. The monoisotopic (exact) mass is 246 g/mol. The van der Waals surface area contributed by atoms with Crippen LogP contribution in [-0.4, -0.2) is 8.32 Å². The first kappa shape index (κ1) is 12.4. The number of hydrogen-bond acceptors (Lipinski definition) is 1. The molecular formula is C15H22OSi. The molecule has 0 spiro atoms. The van der Waals surface area contributed by atoms with Crippen LogP contribution in [0.1, 0.15) is 26.2 Å². The van der Waals surface area contributed by atoms with Crippen LogP contribution >= 0.6 is 0 Å². The van der Waals surface area contributed by atoms with Crippen LogP contribution in [0.2, 0.25) is 13.1 Å². The predicted octanol–water partition coefficient (Wildman–Crippen LogP) is 3.82. The molecule has 0 N–H and O–H groups in total. The van der Waals surface area contributed by atoms with E-state index >= 15 is 0 Å². The van der Waals surface area contributed by atoms with E-state index in [0.29, 0.717) is 0 Å². The Kier molecular flexibility index (Phi) is 3.72. The minimum absolute atomic E-state index is 0.823. The molecule has 0 bridgehead atoms. The van der Waals surface area contributed by atoms with Crippen molar-refractivity contribution >= 4 is 13.5 Å². The second-order valence-electron chi connectivity index (χ2n) is 5.53. The fourth-order valence-electron chi connectivity index (χ4n) is 2.26. The molecule has 0 radical (unpaired) electrons. The van der Waals surface area contributed by atoms with Gasteiger partial charge in [0.25, 0.3) is 8.32 Å². The second kappa shape index (κ2) is 5.09. The lowest BCUT2D eigenvalue weighted by Gasteiger charge is -2.29. The van der Waals surface area contributed by atoms with E-state index in [9.17, 15) is 0 Å². The van der Waals surface area contributed by atoms with Crippen LogP contribution in [0, 0.1) is 5.92 Å². The molecule has 0 saturated carbocycles. The van der Waals surface area contributed by atoms with Crippen molar-refractivity contribution in [1.82, 2.24) is 0 Å². The van der Waals surface area contributed by atoms with Gasteiger partial charge in [0.05, 0.1) is 5.76 Å². The highest BCUT2D eigenvalue weighted by atomic mass is 28.4. The Morgan fingerprint density at radius 1 is 1.18 bits per heavy atom. The third kappa shape index (κ3) is 3.22. The summed E-state index contributed by atoms with van der Waals surface area (Å²) in [6, 6.07) is 10.7. The summed E-state index contributed by atoms with van der Waals surface area (Å²) in [6.07, 6.45) is 5.86. The van der Waals surface area contributed by atoms with Crippen molar-refractivity contribution in [3.63, 3.8) is 0 Å². The van der Waals surface area contributed by atoms with Gasteiger partial charge in [-0.1, -0.05) is 37.3 Å². The van der Waals surface area contributed by atoms with Crippen molar-refractivity contribution in [1.29, 1.82) is 0 Å². The number of benzene rings is 1. The van der Waals surface area contributed by atoms with E-state index in [0.717, 1.165) is 12.3 Å². The third-order valence-electron chi connectivity index (χ3n) is 3.49. The largest absolute Gasteiger partial charge is 0.543 e. The van der Waals surface area contributed by atoms with E-state index in [4.69, 9.17) is 4.43 Å². The van der Waals surface area contributed by atoms with Gasteiger partial charge in [0.2, 0.25) is 0 Å². The van der Waals surface area contributed by atoms with Crippen LogP contribution in [0.15, 0.2) is 42.2 Å². The van der Waals surface area contributed by atoms with Crippen molar-refractivity contribution in [2.75, 3.05) is 0 Å². The average molecular weight is 246 g/mol. The SMILES string of the molecule is CC1CC=C(O[Si](C)(C)c2ccccc2)CC1. The van der Waals surface area contributed by atoms with Crippen molar-refractivity contribution in [2.24, 2.45) is 5.92 Å². The third-order valence-corrected chi connectivity index (χ3v) is 5.98. The number of rotatable bonds is 3. The summed E-state index contributed by atoms with van der Waals surface area (Å²) in [4.78, 5) is 0. The van der Waals surface area contributed by atoms with Gasteiger partial charge >= 0.3 is 0 Å². The molecule has 1 atom stereocenters. The summed E-state index contributed by atoms with van der Waals surface area (Å²) < 4.78 is 6.31. The van der Waals surface area contributed by atoms with Crippen molar-refractivity contribution in [3.8, 4) is 0 Å². The standard InChI is InChI=1S/C15H22OSi/c1-13-9-11-14(12-10-13)16-17(2,3)15-7-5-4-6-8-15/h4-8,11,13H,9-10,12H2,1-3H3. The minimum Gasteiger partial charge on any atom is -0.543 e. The van der Waals surface area contributed by atoms with Crippen LogP contribution in [0.25, 0.3) is 0 Å². The smallest absolute Gasteiger partial charge is 0.276 e. The molecule has 1 aliphatic carbocycles. The highest BCUT2D eigenvalue weighted by molar-refractivity contribution is 6.84. The summed E-state index contributed by atoms with van der Waals surface area (Å²) >= 11 is 0. The van der Waals surface area contributed by atoms with Crippen LogP contribution in [0.5, 0.6) is 0 Å². The quantitative estimate of drug-likeness (QED) is 0.737. The molecule has 92 valence electrons.